The molecule has 1 fully saturated rings. The van der Waals surface area contributed by atoms with E-state index < -0.39 is 0 Å². The van der Waals surface area contributed by atoms with Crippen LogP contribution in [0.25, 0.3) is 0 Å². The van der Waals surface area contributed by atoms with Crippen LogP contribution in [-0.4, -0.2) is 54.3 Å². The Kier molecular flexibility index (Phi) is 7.85. The Morgan fingerprint density at radius 3 is 2.52 bits per heavy atom. The number of aryl methyl sites for hydroxylation is 1. The lowest BCUT2D eigenvalue weighted by Gasteiger charge is -2.34. The van der Waals surface area contributed by atoms with E-state index in [0.717, 1.165) is 33.0 Å². The number of rotatable bonds is 7. The van der Waals surface area contributed by atoms with Gasteiger partial charge >= 0.3 is 0 Å². The Balaban J connectivity index is 1.30. The molecule has 0 saturated carbocycles. The van der Waals surface area contributed by atoms with Crippen molar-refractivity contribution in [1.29, 1.82) is 0 Å². The smallest absolute Gasteiger partial charge is 0.255 e. The van der Waals surface area contributed by atoms with Crippen LogP contribution in [0.2, 0.25) is 0 Å². The van der Waals surface area contributed by atoms with Gasteiger partial charge in [0.15, 0.2) is 0 Å². The minimum Gasteiger partial charge on any atom is -0.336 e. The minimum absolute atomic E-state index is 0.0150. The van der Waals surface area contributed by atoms with Crippen LogP contribution in [0.3, 0.4) is 0 Å². The number of amides is 2. The first kappa shape index (κ1) is 23.5. The van der Waals surface area contributed by atoms with Gasteiger partial charge < -0.3 is 10.2 Å². The van der Waals surface area contributed by atoms with Crippen molar-refractivity contribution >= 4 is 40.6 Å². The normalized spacial score (nSPS) is 14.3. The molecule has 0 atom stereocenters. The molecule has 1 saturated heterocycles. The third-order valence-corrected chi connectivity index (χ3v) is 8.15. The molecule has 2 amide bonds. The van der Waals surface area contributed by atoms with Gasteiger partial charge in [-0.15, -0.1) is 23.1 Å². The van der Waals surface area contributed by atoms with Crippen molar-refractivity contribution in [2.24, 2.45) is 0 Å². The summed E-state index contributed by atoms with van der Waals surface area (Å²) in [5, 5.41) is 5.11. The highest BCUT2D eigenvalue weighted by atomic mass is 32.2. The maximum absolute atomic E-state index is 13.2. The molecule has 3 aromatic rings. The van der Waals surface area contributed by atoms with Gasteiger partial charge in [-0.05, 0) is 54.6 Å². The summed E-state index contributed by atoms with van der Waals surface area (Å²) in [6, 6.07) is 18.0. The zero-order chi connectivity index (χ0) is 23.2. The Morgan fingerprint density at radius 2 is 1.76 bits per heavy atom. The lowest BCUT2D eigenvalue weighted by atomic mass is 10.1. The zero-order valence-corrected chi connectivity index (χ0v) is 20.7. The van der Waals surface area contributed by atoms with Crippen LogP contribution in [0.1, 0.15) is 26.4 Å². The molecule has 7 heteroatoms. The number of hydrogen-bond donors (Lipinski definition) is 1. The van der Waals surface area contributed by atoms with Gasteiger partial charge in [-0.2, -0.15) is 0 Å². The average Bonchev–Trinajstić information content (AvgIpc) is 3.35. The molecule has 33 heavy (non-hydrogen) atoms. The van der Waals surface area contributed by atoms with E-state index in [1.807, 2.05) is 61.2 Å². The molecule has 0 radical (unpaired) electrons. The van der Waals surface area contributed by atoms with Crippen LogP contribution >= 0.6 is 23.1 Å². The topological polar surface area (TPSA) is 52.7 Å². The molecular formula is C26H29N3O2S2. The number of anilines is 1. The monoisotopic (exact) mass is 479 g/mol. The quantitative estimate of drug-likeness (QED) is 0.482. The van der Waals surface area contributed by atoms with E-state index in [2.05, 4.69) is 27.7 Å². The van der Waals surface area contributed by atoms with Crippen LogP contribution in [0, 0.1) is 13.8 Å². The van der Waals surface area contributed by atoms with Gasteiger partial charge in [0.1, 0.15) is 0 Å². The third-order valence-electron chi connectivity index (χ3n) is 5.97. The number of benzene rings is 2. The van der Waals surface area contributed by atoms with Gasteiger partial charge in [-0.3, -0.25) is 14.5 Å². The van der Waals surface area contributed by atoms with Gasteiger partial charge in [-0.25, -0.2) is 0 Å². The summed E-state index contributed by atoms with van der Waals surface area (Å²) in [4.78, 5) is 32.1. The number of thioether (sulfide) groups is 1. The van der Waals surface area contributed by atoms with E-state index in [9.17, 15) is 9.59 Å². The number of carbonyl (C=O) groups is 2. The van der Waals surface area contributed by atoms with Crippen molar-refractivity contribution in [3.63, 3.8) is 0 Å². The maximum atomic E-state index is 13.2. The van der Waals surface area contributed by atoms with Gasteiger partial charge in [0.05, 0.1) is 12.1 Å². The van der Waals surface area contributed by atoms with E-state index >= 15 is 0 Å². The standard InChI is InChI=1S/C26H29N3O2S2/c1-19-7-5-10-23(20(19)2)27-25(30)17-28-12-14-29(15-13-28)26(31)22-9-3-4-11-24(22)33-18-21-8-6-16-32-21/h3-11,16H,12-15,17-18H2,1-2H3,(H,27,30). The first-order valence-electron chi connectivity index (χ1n) is 11.1. The molecule has 0 spiro atoms. The van der Waals surface area contributed by atoms with Crippen LogP contribution < -0.4 is 5.32 Å². The fourth-order valence-corrected chi connectivity index (χ4v) is 5.69. The Morgan fingerprint density at radius 1 is 0.970 bits per heavy atom. The first-order chi connectivity index (χ1) is 16.0. The summed E-state index contributed by atoms with van der Waals surface area (Å²) in [6.07, 6.45) is 0. The highest BCUT2D eigenvalue weighted by Gasteiger charge is 2.25. The lowest BCUT2D eigenvalue weighted by Crippen LogP contribution is -2.50. The molecule has 1 aliphatic rings. The fraction of sp³-hybridized carbons (Fsp3) is 0.308. The van der Waals surface area contributed by atoms with Gasteiger partial charge in [-0.1, -0.05) is 30.3 Å². The van der Waals surface area contributed by atoms with E-state index in [-0.39, 0.29) is 11.8 Å². The SMILES string of the molecule is Cc1cccc(NC(=O)CN2CCN(C(=O)c3ccccc3SCc3cccs3)CC2)c1C. The van der Waals surface area contributed by atoms with Crippen molar-refractivity contribution in [1.82, 2.24) is 9.80 Å². The molecule has 1 N–H and O–H groups in total. The van der Waals surface area contributed by atoms with Gasteiger partial charge in [0, 0.05) is 47.4 Å². The van der Waals surface area contributed by atoms with Gasteiger partial charge in [0.25, 0.3) is 5.91 Å². The zero-order valence-electron chi connectivity index (χ0n) is 19.0. The number of thiophene rings is 1. The van der Waals surface area contributed by atoms with Crippen molar-refractivity contribution in [2.75, 3.05) is 38.0 Å². The van der Waals surface area contributed by atoms with E-state index in [4.69, 9.17) is 0 Å². The Bertz CT molecular complexity index is 1110. The second kappa shape index (κ2) is 11.0. The van der Waals surface area contributed by atoms with E-state index in [1.54, 1.807) is 23.1 Å². The van der Waals surface area contributed by atoms with E-state index in [0.29, 0.717) is 32.7 Å². The Hall–Kier alpha value is -2.61. The molecule has 5 nitrogen and oxygen atoms in total. The number of carbonyl (C=O) groups excluding carboxylic acids is 2. The molecule has 0 bridgehead atoms. The molecule has 2 heterocycles. The van der Waals surface area contributed by atoms with Crippen molar-refractivity contribution < 1.29 is 9.59 Å². The Labute approximate surface area is 203 Å². The maximum Gasteiger partial charge on any atom is 0.255 e. The molecule has 172 valence electrons. The number of nitrogens with one attached hydrogen (secondary N) is 1. The van der Waals surface area contributed by atoms with Crippen LogP contribution in [-0.2, 0) is 10.5 Å². The molecular weight excluding hydrogens is 450 g/mol. The van der Waals surface area contributed by atoms with E-state index in [1.165, 1.54) is 4.88 Å². The molecule has 1 aromatic heterocycles. The molecule has 0 unspecified atom stereocenters. The first-order valence-corrected chi connectivity index (χ1v) is 13.0. The van der Waals surface area contributed by atoms with Gasteiger partial charge in [0.2, 0.25) is 5.91 Å². The predicted octanol–water partition coefficient (Wildman–Crippen LogP) is 5.05. The number of nitrogens with zero attached hydrogens (tertiary/aromatic N) is 2. The predicted molar refractivity (Wildman–Crippen MR) is 137 cm³/mol. The minimum atomic E-state index is -0.0150. The highest BCUT2D eigenvalue weighted by molar-refractivity contribution is 7.98. The second-order valence-electron chi connectivity index (χ2n) is 8.23. The van der Waals surface area contributed by atoms with Crippen molar-refractivity contribution in [3.05, 3.63) is 81.5 Å². The largest absolute Gasteiger partial charge is 0.336 e. The number of piperazine rings is 1. The third kappa shape index (κ3) is 6.05. The number of hydrogen-bond acceptors (Lipinski definition) is 5. The summed E-state index contributed by atoms with van der Waals surface area (Å²) in [7, 11) is 0. The highest BCUT2D eigenvalue weighted by Crippen LogP contribution is 2.29. The second-order valence-corrected chi connectivity index (χ2v) is 10.3. The molecule has 0 aliphatic carbocycles. The molecule has 2 aromatic carbocycles. The van der Waals surface area contributed by atoms with Crippen LogP contribution in [0.15, 0.2) is 64.9 Å². The summed E-state index contributed by atoms with van der Waals surface area (Å²) in [6.45, 7) is 7.03. The fourth-order valence-electron chi connectivity index (χ4n) is 3.87. The van der Waals surface area contributed by atoms with Crippen molar-refractivity contribution in [3.8, 4) is 0 Å². The summed E-state index contributed by atoms with van der Waals surface area (Å²) >= 11 is 3.45. The van der Waals surface area contributed by atoms with Crippen molar-refractivity contribution in [2.45, 2.75) is 24.5 Å². The van der Waals surface area contributed by atoms with Crippen LogP contribution in [0.5, 0.6) is 0 Å². The lowest BCUT2D eigenvalue weighted by molar-refractivity contribution is -0.117. The molecule has 1 aliphatic heterocycles. The summed E-state index contributed by atoms with van der Waals surface area (Å²) < 4.78 is 0. The molecule has 4 rings (SSSR count). The average molecular weight is 480 g/mol. The van der Waals surface area contributed by atoms with Crippen LogP contribution in [0.4, 0.5) is 5.69 Å². The summed E-state index contributed by atoms with van der Waals surface area (Å²) in [5.41, 5.74) is 3.89. The summed E-state index contributed by atoms with van der Waals surface area (Å²) in [5.74, 6) is 0.924.